The van der Waals surface area contributed by atoms with E-state index in [0.29, 0.717) is 5.92 Å². The molecule has 4 rings (SSSR count). The minimum absolute atomic E-state index is 0.101. The Morgan fingerprint density at radius 1 is 1.19 bits per heavy atom. The highest BCUT2D eigenvalue weighted by atomic mass is 16.5. The third-order valence-corrected chi connectivity index (χ3v) is 6.75. The van der Waals surface area contributed by atoms with E-state index >= 15 is 0 Å². The summed E-state index contributed by atoms with van der Waals surface area (Å²) in [6.45, 7) is 7.13. The minimum Gasteiger partial charge on any atom is -0.497 e. The van der Waals surface area contributed by atoms with Gasteiger partial charge in [0.05, 0.1) is 12.7 Å². The lowest BCUT2D eigenvalue weighted by molar-refractivity contribution is -0.156. The molecule has 0 aliphatic carbocycles. The van der Waals surface area contributed by atoms with Gasteiger partial charge in [-0.2, -0.15) is 0 Å². The van der Waals surface area contributed by atoms with Gasteiger partial charge in [-0.25, -0.2) is 0 Å². The molecule has 3 aliphatic heterocycles. The molecule has 1 spiro atoms. The average molecular weight is 373 g/mol. The molecule has 148 valence electrons. The molecule has 3 heterocycles. The van der Waals surface area contributed by atoms with E-state index in [4.69, 9.17) is 9.47 Å². The van der Waals surface area contributed by atoms with Crippen molar-refractivity contribution in [2.24, 2.45) is 5.92 Å². The van der Waals surface area contributed by atoms with Crippen LogP contribution in [0.5, 0.6) is 5.75 Å². The maximum Gasteiger partial charge on any atom is 0.251 e. The predicted molar refractivity (Wildman–Crippen MR) is 105 cm³/mol. The molecule has 3 aliphatic rings. The van der Waals surface area contributed by atoms with E-state index in [-0.39, 0.29) is 17.6 Å². The SMILES string of the molecule is COc1ccc(CN2CC[C@]3(CC[C@H](C(=O)N4CCCC4)O3)[C@@H](C)C2)cc1. The van der Waals surface area contributed by atoms with Crippen LogP contribution in [0, 0.1) is 5.92 Å². The Hall–Kier alpha value is -1.59. The second-order valence-electron chi connectivity index (χ2n) is 8.48. The number of hydrogen-bond donors (Lipinski definition) is 0. The van der Waals surface area contributed by atoms with Gasteiger partial charge < -0.3 is 14.4 Å². The van der Waals surface area contributed by atoms with Gasteiger partial charge in [-0.3, -0.25) is 9.69 Å². The fourth-order valence-corrected chi connectivity index (χ4v) is 5.01. The number of likely N-dealkylation sites (tertiary alicyclic amines) is 2. The number of benzene rings is 1. The first kappa shape index (κ1) is 18.8. The van der Waals surface area contributed by atoms with E-state index in [1.54, 1.807) is 7.11 Å². The number of rotatable bonds is 4. The summed E-state index contributed by atoms with van der Waals surface area (Å²) in [5, 5.41) is 0. The number of ether oxygens (including phenoxy) is 2. The van der Waals surface area contributed by atoms with E-state index in [2.05, 4.69) is 24.0 Å². The molecule has 5 nitrogen and oxygen atoms in total. The number of methoxy groups -OCH3 is 1. The molecule has 3 fully saturated rings. The quantitative estimate of drug-likeness (QED) is 0.815. The van der Waals surface area contributed by atoms with E-state index in [1.165, 1.54) is 5.56 Å². The smallest absolute Gasteiger partial charge is 0.251 e. The lowest BCUT2D eigenvalue weighted by Crippen LogP contribution is -2.51. The molecule has 1 aromatic rings. The molecule has 0 unspecified atom stereocenters. The standard InChI is InChI=1S/C22H32N2O3/c1-17-15-23(16-18-5-7-19(26-2)8-6-18)14-11-22(17)10-9-20(27-22)21(25)24-12-3-4-13-24/h5-8,17,20H,3-4,9-16H2,1-2H3/t17-,20+,22+/m0/s1. The van der Waals surface area contributed by atoms with Gasteiger partial charge in [0.2, 0.25) is 0 Å². The van der Waals surface area contributed by atoms with E-state index < -0.39 is 0 Å². The molecule has 0 saturated carbocycles. The van der Waals surface area contributed by atoms with Gasteiger partial charge >= 0.3 is 0 Å². The number of carbonyl (C=O) groups is 1. The zero-order chi connectivity index (χ0) is 18.9. The van der Waals surface area contributed by atoms with Crippen LogP contribution in [0.3, 0.4) is 0 Å². The number of carbonyl (C=O) groups excluding carboxylic acids is 1. The zero-order valence-electron chi connectivity index (χ0n) is 16.7. The molecule has 3 atom stereocenters. The molecule has 1 aromatic carbocycles. The van der Waals surface area contributed by atoms with Crippen LogP contribution in [0.1, 0.15) is 44.6 Å². The monoisotopic (exact) mass is 372 g/mol. The highest BCUT2D eigenvalue weighted by molar-refractivity contribution is 5.81. The second kappa shape index (κ2) is 7.80. The Morgan fingerprint density at radius 3 is 2.59 bits per heavy atom. The van der Waals surface area contributed by atoms with Crippen molar-refractivity contribution in [1.82, 2.24) is 9.80 Å². The van der Waals surface area contributed by atoms with E-state index in [0.717, 1.165) is 70.6 Å². The molecular formula is C22H32N2O3. The predicted octanol–water partition coefficient (Wildman–Crippen LogP) is 3.08. The van der Waals surface area contributed by atoms with Gasteiger partial charge in [-0.15, -0.1) is 0 Å². The van der Waals surface area contributed by atoms with Crippen LogP contribution in [-0.2, 0) is 16.1 Å². The maximum atomic E-state index is 12.7. The summed E-state index contributed by atoms with van der Waals surface area (Å²) in [5.41, 5.74) is 1.21. The number of hydrogen-bond acceptors (Lipinski definition) is 4. The van der Waals surface area contributed by atoms with E-state index in [1.807, 2.05) is 17.0 Å². The molecule has 5 heteroatoms. The summed E-state index contributed by atoms with van der Waals surface area (Å²) >= 11 is 0. The van der Waals surface area contributed by atoms with Gasteiger partial charge in [0.1, 0.15) is 11.9 Å². The fourth-order valence-electron chi connectivity index (χ4n) is 5.01. The largest absolute Gasteiger partial charge is 0.497 e. The molecule has 27 heavy (non-hydrogen) atoms. The van der Waals surface area contributed by atoms with Gasteiger partial charge in [0.15, 0.2) is 0 Å². The van der Waals surface area contributed by atoms with Gasteiger partial charge in [-0.1, -0.05) is 19.1 Å². The second-order valence-corrected chi connectivity index (χ2v) is 8.48. The third kappa shape index (κ3) is 3.85. The Balaban J connectivity index is 1.33. The Morgan fingerprint density at radius 2 is 1.93 bits per heavy atom. The highest BCUT2D eigenvalue weighted by Gasteiger charge is 2.49. The topological polar surface area (TPSA) is 42.0 Å². The Bertz CT molecular complexity index is 656. The van der Waals surface area contributed by atoms with Crippen molar-refractivity contribution in [1.29, 1.82) is 0 Å². The Labute approximate surface area is 162 Å². The van der Waals surface area contributed by atoms with Gasteiger partial charge in [0.25, 0.3) is 5.91 Å². The Kier molecular flexibility index (Phi) is 5.42. The lowest BCUT2D eigenvalue weighted by atomic mass is 9.80. The minimum atomic E-state index is -0.210. The maximum absolute atomic E-state index is 12.7. The number of amides is 1. The molecule has 0 bridgehead atoms. The van der Waals surface area contributed by atoms with Crippen LogP contribution in [0.25, 0.3) is 0 Å². The molecule has 0 N–H and O–H groups in total. The molecule has 0 aromatic heterocycles. The van der Waals surface area contributed by atoms with Gasteiger partial charge in [-0.05, 0) is 55.7 Å². The summed E-state index contributed by atoms with van der Waals surface area (Å²) in [7, 11) is 1.70. The number of nitrogens with zero attached hydrogens (tertiary/aromatic N) is 2. The van der Waals surface area contributed by atoms with Crippen molar-refractivity contribution >= 4 is 5.91 Å². The van der Waals surface area contributed by atoms with Crippen LogP contribution in [0.15, 0.2) is 24.3 Å². The van der Waals surface area contributed by atoms with Crippen LogP contribution in [0.2, 0.25) is 0 Å². The van der Waals surface area contributed by atoms with Crippen molar-refractivity contribution in [2.75, 3.05) is 33.3 Å². The molecule has 0 radical (unpaired) electrons. The molecule has 3 saturated heterocycles. The number of piperidine rings is 1. The molecule has 1 amide bonds. The summed E-state index contributed by atoms with van der Waals surface area (Å²) < 4.78 is 11.7. The summed E-state index contributed by atoms with van der Waals surface area (Å²) in [6.07, 6.45) is 5.00. The van der Waals surface area contributed by atoms with Crippen molar-refractivity contribution in [2.45, 2.75) is 57.3 Å². The normalized spacial score (nSPS) is 31.6. The first-order valence-corrected chi connectivity index (χ1v) is 10.4. The first-order valence-electron chi connectivity index (χ1n) is 10.4. The summed E-state index contributed by atoms with van der Waals surface area (Å²) in [6, 6.07) is 8.34. The first-order chi connectivity index (χ1) is 13.1. The fraction of sp³-hybridized carbons (Fsp3) is 0.682. The van der Waals surface area contributed by atoms with Crippen molar-refractivity contribution in [3.8, 4) is 5.75 Å². The summed E-state index contributed by atoms with van der Waals surface area (Å²) in [5.74, 6) is 1.58. The zero-order valence-corrected chi connectivity index (χ0v) is 16.7. The molecular weight excluding hydrogens is 340 g/mol. The average Bonchev–Trinajstić information content (AvgIpc) is 3.36. The van der Waals surface area contributed by atoms with Crippen LogP contribution in [0.4, 0.5) is 0 Å². The lowest BCUT2D eigenvalue weighted by Gasteiger charge is -2.44. The third-order valence-electron chi connectivity index (χ3n) is 6.75. The van der Waals surface area contributed by atoms with Crippen molar-refractivity contribution < 1.29 is 14.3 Å². The highest BCUT2D eigenvalue weighted by Crippen LogP contribution is 2.43. The van der Waals surface area contributed by atoms with Gasteiger partial charge in [0, 0.05) is 32.7 Å². The van der Waals surface area contributed by atoms with Crippen molar-refractivity contribution in [3.63, 3.8) is 0 Å². The van der Waals surface area contributed by atoms with E-state index in [9.17, 15) is 4.79 Å². The van der Waals surface area contributed by atoms with Crippen molar-refractivity contribution in [3.05, 3.63) is 29.8 Å². The van der Waals surface area contributed by atoms with Crippen LogP contribution >= 0.6 is 0 Å². The van der Waals surface area contributed by atoms with Crippen LogP contribution in [-0.4, -0.2) is 60.7 Å². The van der Waals surface area contributed by atoms with Crippen LogP contribution < -0.4 is 4.74 Å². The summed E-state index contributed by atoms with van der Waals surface area (Å²) in [4.78, 5) is 17.2.